The Morgan fingerprint density at radius 3 is 2.35 bits per heavy atom. The molecule has 0 aliphatic rings. The van der Waals surface area contributed by atoms with Gasteiger partial charge in [-0.25, -0.2) is 8.42 Å². The molecule has 0 spiro atoms. The highest BCUT2D eigenvalue weighted by Gasteiger charge is 2.23. The van der Waals surface area contributed by atoms with Crippen LogP contribution in [0.5, 0.6) is 0 Å². The third kappa shape index (κ3) is 8.00. The highest BCUT2D eigenvalue weighted by atomic mass is 32.2. The molecule has 9 heteroatoms. The molecule has 0 heterocycles. The SMILES string of the molecule is C[C@H](CS)C(=O)O[C@@H](CC(=O)O)NS(C)(=O)=O. The van der Waals surface area contributed by atoms with Crippen LogP contribution in [0.1, 0.15) is 13.3 Å². The lowest BCUT2D eigenvalue weighted by Crippen LogP contribution is -2.40. The molecule has 0 saturated carbocycles. The quantitative estimate of drug-likeness (QED) is 0.329. The number of thiol groups is 1. The smallest absolute Gasteiger partial charge is 0.311 e. The van der Waals surface area contributed by atoms with Crippen LogP contribution >= 0.6 is 12.6 Å². The van der Waals surface area contributed by atoms with E-state index in [1.807, 2.05) is 4.72 Å². The van der Waals surface area contributed by atoms with Crippen LogP contribution in [0.4, 0.5) is 0 Å². The van der Waals surface area contributed by atoms with Gasteiger partial charge in [0.05, 0.1) is 18.6 Å². The second-order valence-electron chi connectivity index (χ2n) is 3.50. The van der Waals surface area contributed by atoms with E-state index < -0.39 is 40.5 Å². The van der Waals surface area contributed by atoms with Crippen molar-refractivity contribution in [1.29, 1.82) is 0 Å². The summed E-state index contributed by atoms with van der Waals surface area (Å²) in [4.78, 5) is 21.8. The molecule has 7 nitrogen and oxygen atoms in total. The molecule has 0 aromatic carbocycles. The van der Waals surface area contributed by atoms with Gasteiger partial charge in [0.15, 0.2) is 6.23 Å². The molecule has 2 atom stereocenters. The van der Waals surface area contributed by atoms with Crippen LogP contribution in [0.3, 0.4) is 0 Å². The summed E-state index contributed by atoms with van der Waals surface area (Å²) in [5.74, 6) is -2.31. The molecule has 0 aromatic heterocycles. The number of hydrogen-bond donors (Lipinski definition) is 3. The van der Waals surface area contributed by atoms with Crippen LogP contribution in [0, 0.1) is 5.92 Å². The molecule has 0 rings (SSSR count). The standard InChI is InChI=1S/C8H15NO6S2/c1-5(4-16)8(12)15-6(3-7(10)11)9-17(2,13)14/h5-6,9,16H,3-4H2,1-2H3,(H,10,11)/t5-,6+/m1/s1. The number of carbonyl (C=O) groups is 2. The van der Waals surface area contributed by atoms with Gasteiger partial charge in [0.2, 0.25) is 10.0 Å². The Balaban J connectivity index is 4.60. The van der Waals surface area contributed by atoms with E-state index in [4.69, 9.17) is 9.84 Å². The van der Waals surface area contributed by atoms with Gasteiger partial charge in [-0.05, 0) is 0 Å². The van der Waals surface area contributed by atoms with Crippen molar-refractivity contribution in [2.75, 3.05) is 12.0 Å². The largest absolute Gasteiger partial charge is 0.481 e. The molecule has 0 saturated heterocycles. The lowest BCUT2D eigenvalue weighted by atomic mass is 10.2. The maximum atomic E-state index is 11.4. The molecular weight excluding hydrogens is 270 g/mol. The van der Waals surface area contributed by atoms with E-state index in [0.717, 1.165) is 6.26 Å². The first-order valence-corrected chi connectivity index (χ1v) is 7.18. The molecule has 0 radical (unpaired) electrons. The van der Waals surface area contributed by atoms with Crippen molar-refractivity contribution in [2.24, 2.45) is 5.92 Å². The van der Waals surface area contributed by atoms with Gasteiger partial charge in [0.1, 0.15) is 0 Å². The zero-order valence-electron chi connectivity index (χ0n) is 9.41. The molecule has 0 unspecified atom stereocenters. The van der Waals surface area contributed by atoms with E-state index in [-0.39, 0.29) is 5.75 Å². The molecule has 0 aromatic rings. The Morgan fingerprint density at radius 1 is 1.47 bits per heavy atom. The number of carbonyl (C=O) groups excluding carboxylic acids is 1. The number of hydrogen-bond acceptors (Lipinski definition) is 6. The number of nitrogens with one attached hydrogen (secondary N) is 1. The first kappa shape index (κ1) is 16.2. The molecule has 0 aliphatic carbocycles. The summed E-state index contributed by atoms with van der Waals surface area (Å²) in [6.45, 7) is 1.54. The van der Waals surface area contributed by atoms with Crippen molar-refractivity contribution in [3.63, 3.8) is 0 Å². The Morgan fingerprint density at radius 2 is 2.00 bits per heavy atom. The molecule has 2 N–H and O–H groups in total. The predicted molar refractivity (Wildman–Crippen MR) is 63.1 cm³/mol. The van der Waals surface area contributed by atoms with E-state index in [2.05, 4.69) is 12.6 Å². The van der Waals surface area contributed by atoms with Crippen LogP contribution in [0.2, 0.25) is 0 Å². The predicted octanol–water partition coefficient (Wildman–Crippen LogP) is -0.554. The number of carboxylic acid groups (broad SMARTS) is 1. The van der Waals surface area contributed by atoms with Gasteiger partial charge in [-0.1, -0.05) is 6.92 Å². The second kappa shape index (κ2) is 6.82. The highest BCUT2D eigenvalue weighted by molar-refractivity contribution is 7.88. The van der Waals surface area contributed by atoms with Crippen LogP contribution in [0.25, 0.3) is 0 Å². The van der Waals surface area contributed by atoms with Crippen LogP contribution in [-0.2, 0) is 24.3 Å². The average Bonchev–Trinajstić information content (AvgIpc) is 2.12. The normalized spacial score (nSPS) is 15.0. The van der Waals surface area contributed by atoms with Gasteiger partial charge in [-0.15, -0.1) is 0 Å². The van der Waals surface area contributed by atoms with E-state index in [1.54, 1.807) is 0 Å². The summed E-state index contributed by atoms with van der Waals surface area (Å²) >= 11 is 3.88. The molecular formula is C8H15NO6S2. The Bertz CT molecular complexity index is 379. The number of esters is 1. The van der Waals surface area contributed by atoms with Crippen molar-refractivity contribution in [1.82, 2.24) is 4.72 Å². The number of rotatable bonds is 7. The fourth-order valence-electron chi connectivity index (χ4n) is 0.836. The Labute approximate surface area is 105 Å². The topological polar surface area (TPSA) is 110 Å². The molecule has 0 aliphatic heterocycles. The van der Waals surface area contributed by atoms with Crippen LogP contribution in [-0.4, -0.2) is 43.7 Å². The first-order chi connectivity index (χ1) is 7.65. The summed E-state index contributed by atoms with van der Waals surface area (Å²) in [6.07, 6.45) is -1.20. The van der Waals surface area contributed by atoms with Gasteiger partial charge in [0, 0.05) is 5.75 Å². The van der Waals surface area contributed by atoms with Gasteiger partial charge in [0.25, 0.3) is 0 Å². The van der Waals surface area contributed by atoms with Crippen molar-refractivity contribution >= 4 is 34.6 Å². The zero-order chi connectivity index (χ0) is 13.6. The van der Waals surface area contributed by atoms with Crippen LogP contribution < -0.4 is 4.72 Å². The Kier molecular flexibility index (Phi) is 6.50. The first-order valence-electron chi connectivity index (χ1n) is 4.66. The molecule has 0 bridgehead atoms. The summed E-state index contributed by atoms with van der Waals surface area (Å²) < 4.78 is 28.5. The summed E-state index contributed by atoms with van der Waals surface area (Å²) in [6, 6.07) is 0. The van der Waals surface area contributed by atoms with Gasteiger partial charge in [-0.3, -0.25) is 9.59 Å². The number of ether oxygens (including phenoxy) is 1. The van der Waals surface area contributed by atoms with Gasteiger partial charge < -0.3 is 9.84 Å². The number of carboxylic acids is 1. The van der Waals surface area contributed by atoms with Crippen molar-refractivity contribution < 1.29 is 27.9 Å². The monoisotopic (exact) mass is 285 g/mol. The Hall–Kier alpha value is -0.800. The summed E-state index contributed by atoms with van der Waals surface area (Å²) in [5.41, 5.74) is 0. The average molecular weight is 285 g/mol. The molecule has 0 fully saturated rings. The fourth-order valence-corrected chi connectivity index (χ4v) is 1.59. The third-order valence-electron chi connectivity index (χ3n) is 1.64. The fraction of sp³-hybridized carbons (Fsp3) is 0.750. The van der Waals surface area contributed by atoms with E-state index in [9.17, 15) is 18.0 Å². The van der Waals surface area contributed by atoms with E-state index in [0.29, 0.717) is 0 Å². The maximum Gasteiger partial charge on any atom is 0.311 e. The molecule has 100 valence electrons. The van der Waals surface area contributed by atoms with Gasteiger partial charge in [-0.2, -0.15) is 17.4 Å². The summed E-state index contributed by atoms with van der Waals surface area (Å²) in [5, 5.41) is 8.55. The van der Waals surface area contributed by atoms with E-state index >= 15 is 0 Å². The van der Waals surface area contributed by atoms with E-state index in [1.165, 1.54) is 6.92 Å². The van der Waals surface area contributed by atoms with Crippen molar-refractivity contribution in [2.45, 2.75) is 19.6 Å². The number of aliphatic carboxylic acids is 1. The minimum Gasteiger partial charge on any atom is -0.481 e. The van der Waals surface area contributed by atoms with Crippen LogP contribution in [0.15, 0.2) is 0 Å². The minimum absolute atomic E-state index is 0.220. The minimum atomic E-state index is -3.66. The van der Waals surface area contributed by atoms with Gasteiger partial charge >= 0.3 is 11.9 Å². The van der Waals surface area contributed by atoms with Crippen molar-refractivity contribution in [3.8, 4) is 0 Å². The molecule has 17 heavy (non-hydrogen) atoms. The lowest BCUT2D eigenvalue weighted by Gasteiger charge is -2.18. The highest BCUT2D eigenvalue weighted by Crippen LogP contribution is 2.05. The summed E-state index contributed by atoms with van der Waals surface area (Å²) in [7, 11) is -3.66. The van der Waals surface area contributed by atoms with Crippen molar-refractivity contribution in [3.05, 3.63) is 0 Å². The molecule has 0 amide bonds. The maximum absolute atomic E-state index is 11.4. The third-order valence-corrected chi connectivity index (χ3v) is 2.88. The second-order valence-corrected chi connectivity index (χ2v) is 5.64. The lowest BCUT2D eigenvalue weighted by molar-refractivity contribution is -0.156. The zero-order valence-corrected chi connectivity index (χ0v) is 11.1. The number of sulfonamides is 1.